The number of nitrogens with one attached hydrogen (secondary N) is 1. The number of halogens is 3. The van der Waals surface area contributed by atoms with E-state index in [0.717, 1.165) is 0 Å². The maximum absolute atomic E-state index is 12.4. The van der Waals surface area contributed by atoms with Gasteiger partial charge in [0.05, 0.1) is 0 Å². The molecule has 4 nitrogen and oxygen atoms in total. The lowest BCUT2D eigenvalue weighted by Crippen LogP contribution is -2.35. The third-order valence-electron chi connectivity index (χ3n) is 2.18. The summed E-state index contributed by atoms with van der Waals surface area (Å²) in [5.74, 6) is 0.328. The molecule has 1 heterocycles. The number of anilines is 1. The summed E-state index contributed by atoms with van der Waals surface area (Å²) in [4.78, 5) is 8.93. The minimum atomic E-state index is -4.24. The summed E-state index contributed by atoms with van der Waals surface area (Å²) >= 11 is 0. The van der Waals surface area contributed by atoms with Crippen molar-refractivity contribution in [2.45, 2.75) is 19.6 Å². The van der Waals surface area contributed by atoms with Crippen LogP contribution in [0.2, 0.25) is 0 Å². The third kappa shape index (κ3) is 4.18. The first-order chi connectivity index (χ1) is 7.98. The molecule has 0 aliphatic carbocycles. The van der Waals surface area contributed by atoms with Gasteiger partial charge in [-0.15, -0.1) is 0 Å². The Morgan fingerprint density at radius 1 is 1.41 bits per heavy atom. The lowest BCUT2D eigenvalue weighted by atomic mass is 10.2. The van der Waals surface area contributed by atoms with Gasteiger partial charge in [-0.3, -0.25) is 0 Å². The molecule has 0 fully saturated rings. The first kappa shape index (κ1) is 13.7. The van der Waals surface area contributed by atoms with Gasteiger partial charge in [0.2, 0.25) is 0 Å². The summed E-state index contributed by atoms with van der Waals surface area (Å²) in [5.41, 5.74) is 0.654. The smallest absolute Gasteiger partial charge is 0.347 e. The van der Waals surface area contributed by atoms with Crippen LogP contribution in [0.4, 0.5) is 19.0 Å². The molecule has 0 bridgehead atoms. The maximum Gasteiger partial charge on any atom is 0.405 e. The second-order valence-electron chi connectivity index (χ2n) is 3.53. The van der Waals surface area contributed by atoms with Gasteiger partial charge < -0.3 is 10.2 Å². The molecule has 0 spiro atoms. The van der Waals surface area contributed by atoms with Crippen LogP contribution in [0.15, 0.2) is 12.5 Å². The number of rotatable bonds is 5. The van der Waals surface area contributed by atoms with E-state index in [1.165, 1.54) is 17.4 Å². The van der Waals surface area contributed by atoms with Crippen molar-refractivity contribution >= 4 is 5.82 Å². The molecule has 7 heteroatoms. The Balaban J connectivity index is 2.94. The van der Waals surface area contributed by atoms with Gasteiger partial charge in [0.25, 0.3) is 0 Å². The molecule has 1 aromatic heterocycles. The van der Waals surface area contributed by atoms with Gasteiger partial charge in [0.1, 0.15) is 18.7 Å². The van der Waals surface area contributed by atoms with E-state index in [0.29, 0.717) is 17.9 Å². The van der Waals surface area contributed by atoms with Gasteiger partial charge in [0.15, 0.2) is 0 Å². The summed E-state index contributed by atoms with van der Waals surface area (Å²) in [7, 11) is 1.72. The van der Waals surface area contributed by atoms with Gasteiger partial charge in [-0.25, -0.2) is 9.97 Å². The highest BCUT2D eigenvalue weighted by atomic mass is 19.4. The standard InChI is InChI=1S/C10H15F3N4/c1-3-17(6-10(11,12)13)9-8(4-14-2)5-15-7-16-9/h5,7,14H,3-4,6H2,1-2H3. The Kier molecular flexibility index (Phi) is 4.68. The van der Waals surface area contributed by atoms with Gasteiger partial charge in [-0.05, 0) is 14.0 Å². The molecule has 0 amide bonds. The Morgan fingerprint density at radius 2 is 2.12 bits per heavy atom. The second kappa shape index (κ2) is 5.81. The molecular formula is C10H15F3N4. The number of nitrogens with zero attached hydrogens (tertiary/aromatic N) is 3. The van der Waals surface area contributed by atoms with Gasteiger partial charge >= 0.3 is 6.18 Å². The van der Waals surface area contributed by atoms with Crippen molar-refractivity contribution in [3.8, 4) is 0 Å². The van der Waals surface area contributed by atoms with Crippen LogP contribution in [-0.2, 0) is 6.54 Å². The van der Waals surface area contributed by atoms with Crippen molar-refractivity contribution in [1.82, 2.24) is 15.3 Å². The predicted octanol–water partition coefficient (Wildman–Crippen LogP) is 1.58. The van der Waals surface area contributed by atoms with E-state index in [1.54, 1.807) is 14.0 Å². The van der Waals surface area contributed by atoms with Gasteiger partial charge in [-0.2, -0.15) is 13.2 Å². The van der Waals surface area contributed by atoms with Crippen molar-refractivity contribution in [2.75, 3.05) is 25.0 Å². The van der Waals surface area contributed by atoms with Crippen molar-refractivity contribution in [1.29, 1.82) is 0 Å². The normalized spacial score (nSPS) is 11.6. The van der Waals surface area contributed by atoms with E-state index in [2.05, 4.69) is 15.3 Å². The molecule has 0 aliphatic rings. The average molecular weight is 248 g/mol. The van der Waals surface area contributed by atoms with Crippen LogP contribution < -0.4 is 10.2 Å². The van der Waals surface area contributed by atoms with Crippen molar-refractivity contribution < 1.29 is 13.2 Å². The zero-order valence-electron chi connectivity index (χ0n) is 9.75. The fourth-order valence-corrected chi connectivity index (χ4v) is 1.50. The summed E-state index contributed by atoms with van der Waals surface area (Å²) < 4.78 is 37.2. The molecule has 0 radical (unpaired) electrons. The Labute approximate surface area is 97.9 Å². The molecule has 0 aliphatic heterocycles. The van der Waals surface area contributed by atoms with Crippen molar-refractivity contribution in [3.63, 3.8) is 0 Å². The van der Waals surface area contributed by atoms with Crippen LogP contribution in [0.25, 0.3) is 0 Å². The van der Waals surface area contributed by atoms with E-state index >= 15 is 0 Å². The first-order valence-electron chi connectivity index (χ1n) is 5.23. The van der Waals surface area contributed by atoms with E-state index < -0.39 is 12.7 Å². The third-order valence-corrected chi connectivity index (χ3v) is 2.18. The number of alkyl halides is 3. The molecule has 1 N–H and O–H groups in total. The summed E-state index contributed by atoms with van der Waals surface area (Å²) in [6, 6.07) is 0. The highest BCUT2D eigenvalue weighted by Crippen LogP contribution is 2.22. The van der Waals surface area contributed by atoms with E-state index in [1.807, 2.05) is 0 Å². The number of hydrogen-bond acceptors (Lipinski definition) is 4. The minimum Gasteiger partial charge on any atom is -0.347 e. The average Bonchev–Trinajstić information content (AvgIpc) is 2.26. The largest absolute Gasteiger partial charge is 0.405 e. The molecule has 0 saturated heterocycles. The summed E-state index contributed by atoms with van der Waals surface area (Å²) in [6.07, 6.45) is -1.46. The molecular weight excluding hydrogens is 233 g/mol. The van der Waals surface area contributed by atoms with Crippen LogP contribution >= 0.6 is 0 Å². The Morgan fingerprint density at radius 3 is 2.65 bits per heavy atom. The fraction of sp³-hybridized carbons (Fsp3) is 0.600. The molecule has 0 aromatic carbocycles. The Hall–Kier alpha value is -1.37. The summed E-state index contributed by atoms with van der Waals surface area (Å²) in [6.45, 7) is 1.34. The van der Waals surface area contributed by atoms with Crippen LogP contribution in [0.5, 0.6) is 0 Å². The predicted molar refractivity (Wildman–Crippen MR) is 58.7 cm³/mol. The fourth-order valence-electron chi connectivity index (χ4n) is 1.50. The first-order valence-corrected chi connectivity index (χ1v) is 5.23. The molecule has 0 atom stereocenters. The number of hydrogen-bond donors (Lipinski definition) is 1. The van der Waals surface area contributed by atoms with Crippen molar-refractivity contribution in [3.05, 3.63) is 18.1 Å². The van der Waals surface area contributed by atoms with Gasteiger partial charge in [-0.1, -0.05) is 0 Å². The highest BCUT2D eigenvalue weighted by molar-refractivity contribution is 5.45. The van der Waals surface area contributed by atoms with Crippen LogP contribution in [0.1, 0.15) is 12.5 Å². The van der Waals surface area contributed by atoms with Gasteiger partial charge in [0, 0.05) is 24.8 Å². The second-order valence-corrected chi connectivity index (χ2v) is 3.53. The lowest BCUT2D eigenvalue weighted by molar-refractivity contribution is -0.119. The minimum absolute atomic E-state index is 0.243. The monoisotopic (exact) mass is 248 g/mol. The molecule has 0 unspecified atom stereocenters. The highest BCUT2D eigenvalue weighted by Gasteiger charge is 2.31. The van der Waals surface area contributed by atoms with Crippen LogP contribution in [0.3, 0.4) is 0 Å². The topological polar surface area (TPSA) is 41.1 Å². The van der Waals surface area contributed by atoms with E-state index in [-0.39, 0.29) is 6.54 Å². The van der Waals surface area contributed by atoms with E-state index in [4.69, 9.17) is 0 Å². The molecule has 1 rings (SSSR count). The van der Waals surface area contributed by atoms with Crippen LogP contribution in [-0.4, -0.2) is 36.3 Å². The molecule has 17 heavy (non-hydrogen) atoms. The maximum atomic E-state index is 12.4. The van der Waals surface area contributed by atoms with Crippen molar-refractivity contribution in [2.24, 2.45) is 0 Å². The number of aromatic nitrogens is 2. The lowest BCUT2D eigenvalue weighted by Gasteiger charge is -2.25. The quantitative estimate of drug-likeness (QED) is 0.859. The summed E-state index contributed by atoms with van der Waals surface area (Å²) in [5, 5.41) is 2.88. The molecule has 0 saturated carbocycles. The van der Waals surface area contributed by atoms with Crippen LogP contribution in [0, 0.1) is 0 Å². The molecule has 1 aromatic rings. The SMILES string of the molecule is CCN(CC(F)(F)F)c1ncncc1CNC. The molecule has 96 valence electrons. The van der Waals surface area contributed by atoms with E-state index in [9.17, 15) is 13.2 Å². The zero-order chi connectivity index (χ0) is 12.9. The zero-order valence-corrected chi connectivity index (χ0v) is 9.75. The Bertz CT molecular complexity index is 354.